The van der Waals surface area contributed by atoms with Gasteiger partial charge in [0.05, 0.1) is 7.11 Å². The lowest BCUT2D eigenvalue weighted by Crippen LogP contribution is -2.57. The summed E-state index contributed by atoms with van der Waals surface area (Å²) in [6.45, 7) is 0. The molecule has 0 spiro atoms. The predicted molar refractivity (Wildman–Crippen MR) is 113 cm³/mol. The number of rotatable bonds is 4. The highest BCUT2D eigenvalue weighted by Gasteiger charge is 2.46. The second-order valence-electron chi connectivity index (χ2n) is 8.48. The van der Waals surface area contributed by atoms with E-state index in [4.69, 9.17) is 4.74 Å². The highest BCUT2D eigenvalue weighted by atomic mass is 16.5. The van der Waals surface area contributed by atoms with Gasteiger partial charge in [0.2, 0.25) is 0 Å². The lowest BCUT2D eigenvalue weighted by molar-refractivity contribution is -0.150. The van der Waals surface area contributed by atoms with E-state index < -0.39 is 5.54 Å². The lowest BCUT2D eigenvalue weighted by atomic mass is 9.71. The molecule has 1 amide bonds. The summed E-state index contributed by atoms with van der Waals surface area (Å²) in [4.78, 5) is 29.8. The Morgan fingerprint density at radius 3 is 2.66 bits per heavy atom. The Labute approximate surface area is 174 Å². The highest BCUT2D eigenvalue weighted by molar-refractivity contribution is 5.96. The highest BCUT2D eigenvalue weighted by Crippen LogP contribution is 2.39. The molecule has 1 aromatic rings. The standard InChI is InChI=1S/C24H34N2O3/c1-29-23(28)24(26-22(27)21-15-9-10-17-25-21)16-11-14-20(18-24)19-12-7-5-3-2-4-6-8-13-19/h9-10,12,15,17,20H,2-8,11,13-14,16,18H2,1H3,(H,26,27)/b19-12+/t20-,24+/m0/s1. The first-order chi connectivity index (χ1) is 14.1. The number of esters is 1. The zero-order valence-corrected chi connectivity index (χ0v) is 17.6. The number of ether oxygens (including phenoxy) is 1. The molecule has 1 N–H and O–H groups in total. The maximum absolute atomic E-state index is 12.8. The number of allylic oxidation sites excluding steroid dienone is 2. The van der Waals surface area contributed by atoms with Crippen LogP contribution in [-0.4, -0.2) is 29.5 Å². The maximum atomic E-state index is 12.8. The molecule has 0 saturated heterocycles. The molecule has 0 unspecified atom stereocenters. The Morgan fingerprint density at radius 2 is 1.90 bits per heavy atom. The summed E-state index contributed by atoms with van der Waals surface area (Å²) in [5.41, 5.74) is 0.838. The van der Waals surface area contributed by atoms with Crippen LogP contribution in [0.2, 0.25) is 0 Å². The number of nitrogens with one attached hydrogen (secondary N) is 1. The van der Waals surface area contributed by atoms with E-state index in [1.165, 1.54) is 51.2 Å². The molecule has 5 heteroatoms. The molecule has 1 aromatic heterocycles. The molecular weight excluding hydrogens is 364 g/mol. The number of hydrogen-bond donors (Lipinski definition) is 1. The Balaban J connectivity index is 1.79. The van der Waals surface area contributed by atoms with Crippen molar-refractivity contribution in [3.05, 3.63) is 41.7 Å². The lowest BCUT2D eigenvalue weighted by Gasteiger charge is -2.40. The van der Waals surface area contributed by atoms with Gasteiger partial charge in [0.25, 0.3) is 5.91 Å². The molecule has 2 atom stereocenters. The van der Waals surface area contributed by atoms with Crippen LogP contribution in [0.5, 0.6) is 0 Å². The number of hydrogen-bond acceptors (Lipinski definition) is 4. The van der Waals surface area contributed by atoms with E-state index in [9.17, 15) is 9.59 Å². The molecule has 29 heavy (non-hydrogen) atoms. The number of aromatic nitrogens is 1. The van der Waals surface area contributed by atoms with E-state index in [0.29, 0.717) is 24.5 Å². The van der Waals surface area contributed by atoms with Gasteiger partial charge in [-0.2, -0.15) is 0 Å². The summed E-state index contributed by atoms with van der Waals surface area (Å²) < 4.78 is 5.15. The van der Waals surface area contributed by atoms with Crippen LogP contribution in [0.3, 0.4) is 0 Å². The molecule has 2 aliphatic carbocycles. The number of carbonyl (C=O) groups excluding carboxylic acids is 2. The van der Waals surface area contributed by atoms with E-state index in [1.54, 1.807) is 24.4 Å². The molecule has 0 aliphatic heterocycles. The molecule has 3 rings (SSSR count). The van der Waals surface area contributed by atoms with Crippen LogP contribution in [0.25, 0.3) is 0 Å². The molecule has 0 radical (unpaired) electrons. The predicted octanol–water partition coefficient (Wildman–Crippen LogP) is 4.97. The summed E-state index contributed by atoms with van der Waals surface area (Å²) in [7, 11) is 1.41. The largest absolute Gasteiger partial charge is 0.467 e. The van der Waals surface area contributed by atoms with Gasteiger partial charge in [0.15, 0.2) is 0 Å². The SMILES string of the molecule is COC(=O)[C@@]1(NC(=O)c2ccccn2)CCC[C@H](/C2=C/CCCCCCCC2)C1. The van der Waals surface area contributed by atoms with Crippen molar-refractivity contribution < 1.29 is 14.3 Å². The molecule has 2 aliphatic rings. The monoisotopic (exact) mass is 398 g/mol. The first-order valence-electron chi connectivity index (χ1n) is 11.2. The number of amides is 1. The van der Waals surface area contributed by atoms with Crippen LogP contribution in [-0.2, 0) is 9.53 Å². The molecule has 158 valence electrons. The summed E-state index contributed by atoms with van der Waals surface area (Å²) >= 11 is 0. The van der Waals surface area contributed by atoms with Crippen molar-refractivity contribution in [2.45, 2.75) is 82.6 Å². The number of methoxy groups -OCH3 is 1. The Bertz CT molecular complexity index is 716. The first-order valence-corrected chi connectivity index (χ1v) is 11.2. The van der Waals surface area contributed by atoms with Gasteiger partial charge < -0.3 is 10.1 Å². The van der Waals surface area contributed by atoms with Crippen LogP contribution in [0.4, 0.5) is 0 Å². The third kappa shape index (κ3) is 5.68. The minimum Gasteiger partial charge on any atom is -0.467 e. The van der Waals surface area contributed by atoms with Crippen LogP contribution in [0.1, 0.15) is 87.5 Å². The number of pyridine rings is 1. The molecule has 1 fully saturated rings. The van der Waals surface area contributed by atoms with Crippen molar-refractivity contribution in [1.82, 2.24) is 10.3 Å². The van der Waals surface area contributed by atoms with Crippen molar-refractivity contribution in [2.24, 2.45) is 5.92 Å². The second kappa shape index (κ2) is 10.6. The third-order valence-corrected chi connectivity index (χ3v) is 6.43. The zero-order chi connectivity index (χ0) is 20.5. The van der Waals surface area contributed by atoms with E-state index in [2.05, 4.69) is 16.4 Å². The van der Waals surface area contributed by atoms with Gasteiger partial charge in [-0.1, -0.05) is 43.4 Å². The minimum absolute atomic E-state index is 0.309. The normalized spacial score (nSPS) is 27.9. The van der Waals surface area contributed by atoms with E-state index in [1.807, 2.05) is 0 Å². The summed E-state index contributed by atoms with van der Waals surface area (Å²) in [5, 5.41) is 3.02. The molecular formula is C24H34N2O3. The number of carbonyl (C=O) groups is 2. The average Bonchev–Trinajstić information content (AvgIpc) is 2.77. The Kier molecular flexibility index (Phi) is 7.84. The topological polar surface area (TPSA) is 68.3 Å². The Hall–Kier alpha value is -2.17. The molecule has 0 bridgehead atoms. The van der Waals surface area contributed by atoms with Crippen LogP contribution < -0.4 is 5.32 Å². The maximum Gasteiger partial charge on any atom is 0.331 e. The van der Waals surface area contributed by atoms with E-state index in [0.717, 1.165) is 25.7 Å². The number of nitrogens with zero attached hydrogens (tertiary/aromatic N) is 1. The summed E-state index contributed by atoms with van der Waals surface area (Å²) in [5.74, 6) is -0.324. The van der Waals surface area contributed by atoms with Crippen molar-refractivity contribution >= 4 is 11.9 Å². The van der Waals surface area contributed by atoms with Gasteiger partial charge in [-0.15, -0.1) is 0 Å². The molecule has 5 nitrogen and oxygen atoms in total. The fourth-order valence-corrected chi connectivity index (χ4v) is 4.86. The molecule has 1 heterocycles. The van der Waals surface area contributed by atoms with Gasteiger partial charge in [-0.25, -0.2) is 4.79 Å². The molecule has 0 aromatic carbocycles. The van der Waals surface area contributed by atoms with Crippen molar-refractivity contribution in [3.8, 4) is 0 Å². The van der Waals surface area contributed by atoms with Crippen molar-refractivity contribution in [1.29, 1.82) is 0 Å². The van der Waals surface area contributed by atoms with Gasteiger partial charge in [-0.3, -0.25) is 9.78 Å². The minimum atomic E-state index is -0.970. The first kappa shape index (κ1) is 21.5. The quantitative estimate of drug-likeness (QED) is 0.574. The fourth-order valence-electron chi connectivity index (χ4n) is 4.86. The van der Waals surface area contributed by atoms with Gasteiger partial charge in [0, 0.05) is 6.20 Å². The fraction of sp³-hybridized carbons (Fsp3) is 0.625. The van der Waals surface area contributed by atoms with Crippen LogP contribution >= 0.6 is 0 Å². The Morgan fingerprint density at radius 1 is 1.10 bits per heavy atom. The van der Waals surface area contributed by atoms with Gasteiger partial charge in [0.1, 0.15) is 11.2 Å². The third-order valence-electron chi connectivity index (χ3n) is 6.43. The average molecular weight is 399 g/mol. The van der Waals surface area contributed by atoms with Crippen LogP contribution in [0.15, 0.2) is 36.0 Å². The zero-order valence-electron chi connectivity index (χ0n) is 17.6. The summed E-state index contributed by atoms with van der Waals surface area (Å²) in [6, 6.07) is 5.22. The van der Waals surface area contributed by atoms with Crippen molar-refractivity contribution in [2.75, 3.05) is 7.11 Å². The van der Waals surface area contributed by atoms with Gasteiger partial charge >= 0.3 is 5.97 Å². The van der Waals surface area contributed by atoms with Gasteiger partial charge in [-0.05, 0) is 69.4 Å². The smallest absolute Gasteiger partial charge is 0.331 e. The van der Waals surface area contributed by atoms with E-state index in [-0.39, 0.29) is 11.9 Å². The second-order valence-corrected chi connectivity index (χ2v) is 8.48. The van der Waals surface area contributed by atoms with E-state index >= 15 is 0 Å². The molecule has 1 saturated carbocycles. The summed E-state index contributed by atoms with van der Waals surface area (Å²) in [6.07, 6.45) is 17.2. The van der Waals surface area contributed by atoms with Crippen LogP contribution in [0, 0.1) is 5.92 Å². The van der Waals surface area contributed by atoms with Crippen molar-refractivity contribution in [3.63, 3.8) is 0 Å².